The number of hydrogen-bond acceptors (Lipinski definition) is 5. The van der Waals surface area contributed by atoms with Gasteiger partial charge in [0.2, 0.25) is 0 Å². The number of carbonyl (C=O) groups excluding carboxylic acids is 1. The molecule has 2 N–H and O–H groups in total. The summed E-state index contributed by atoms with van der Waals surface area (Å²) in [5, 5.41) is 6.98. The van der Waals surface area contributed by atoms with Crippen molar-refractivity contribution >= 4 is 50.5 Å². The quantitative estimate of drug-likeness (QED) is 0.256. The van der Waals surface area contributed by atoms with Crippen LogP contribution >= 0.6 is 23.6 Å². The van der Waals surface area contributed by atoms with Crippen LogP contribution in [0.4, 0.5) is 5.69 Å². The van der Waals surface area contributed by atoms with Gasteiger partial charge in [-0.15, -0.1) is 11.3 Å². The first-order valence-electron chi connectivity index (χ1n) is 11.1. The van der Waals surface area contributed by atoms with Crippen LogP contribution in [0.5, 0.6) is 0 Å². The summed E-state index contributed by atoms with van der Waals surface area (Å²) < 4.78 is 6.94. The average Bonchev–Trinajstić information content (AvgIpc) is 3.50. The highest BCUT2D eigenvalue weighted by Crippen LogP contribution is 2.32. The van der Waals surface area contributed by atoms with E-state index < -0.39 is 5.91 Å². The smallest absolute Gasteiger partial charge is 0.293 e. The van der Waals surface area contributed by atoms with E-state index in [0.29, 0.717) is 5.76 Å². The van der Waals surface area contributed by atoms with Gasteiger partial charge in [-0.05, 0) is 86.1 Å². The molecular formula is C28H23N3O2S2. The summed E-state index contributed by atoms with van der Waals surface area (Å²) >= 11 is 7.06. The van der Waals surface area contributed by atoms with Gasteiger partial charge in [0.05, 0.1) is 10.2 Å². The van der Waals surface area contributed by atoms with E-state index in [1.807, 2.05) is 68.4 Å². The van der Waals surface area contributed by atoms with E-state index in [1.54, 1.807) is 23.5 Å². The van der Waals surface area contributed by atoms with Crippen molar-refractivity contribution in [2.45, 2.75) is 20.8 Å². The van der Waals surface area contributed by atoms with E-state index >= 15 is 0 Å². The largest absolute Gasteiger partial charge is 0.451 e. The monoisotopic (exact) mass is 497 g/mol. The molecule has 5 nitrogen and oxygen atoms in total. The van der Waals surface area contributed by atoms with Crippen molar-refractivity contribution in [3.8, 4) is 21.9 Å². The number of aromatic nitrogens is 1. The average molecular weight is 498 g/mol. The van der Waals surface area contributed by atoms with Gasteiger partial charge in [0.1, 0.15) is 10.8 Å². The molecule has 0 aliphatic rings. The second-order valence-corrected chi connectivity index (χ2v) is 9.83. The normalized spacial score (nSPS) is 10.9. The van der Waals surface area contributed by atoms with Gasteiger partial charge in [-0.25, -0.2) is 4.98 Å². The lowest BCUT2D eigenvalue weighted by Crippen LogP contribution is -2.34. The van der Waals surface area contributed by atoms with Crippen LogP contribution in [0.25, 0.3) is 32.1 Å². The summed E-state index contributed by atoms with van der Waals surface area (Å²) in [7, 11) is 0. The predicted molar refractivity (Wildman–Crippen MR) is 147 cm³/mol. The van der Waals surface area contributed by atoms with E-state index in [9.17, 15) is 4.79 Å². The summed E-state index contributed by atoms with van der Waals surface area (Å²) in [5.74, 6) is 0.427. The fourth-order valence-electron chi connectivity index (χ4n) is 3.71. The Balaban J connectivity index is 1.29. The molecule has 0 saturated heterocycles. The second kappa shape index (κ2) is 9.44. The fraction of sp³-hybridized carbons (Fsp3) is 0.107. The molecule has 0 radical (unpaired) electrons. The highest BCUT2D eigenvalue weighted by molar-refractivity contribution is 7.80. The number of thiazole rings is 1. The molecule has 1 amide bonds. The maximum atomic E-state index is 12.7. The first-order valence-corrected chi connectivity index (χ1v) is 12.4. The summed E-state index contributed by atoms with van der Waals surface area (Å²) in [5.41, 5.74) is 7.07. The molecule has 2 aromatic heterocycles. The zero-order valence-electron chi connectivity index (χ0n) is 19.5. The second-order valence-electron chi connectivity index (χ2n) is 8.39. The number of hydrogen-bond donors (Lipinski definition) is 2. The number of rotatable bonds is 4. The van der Waals surface area contributed by atoms with Gasteiger partial charge >= 0.3 is 0 Å². The van der Waals surface area contributed by atoms with E-state index in [2.05, 4.69) is 23.6 Å². The van der Waals surface area contributed by atoms with Crippen LogP contribution in [-0.2, 0) is 0 Å². The summed E-state index contributed by atoms with van der Waals surface area (Å²) in [6.45, 7) is 6.09. The highest BCUT2D eigenvalue weighted by Gasteiger charge is 2.15. The summed E-state index contributed by atoms with van der Waals surface area (Å²) in [6, 6.07) is 23.6. The molecule has 0 spiro atoms. The molecule has 7 heteroatoms. The van der Waals surface area contributed by atoms with Gasteiger partial charge in [-0.2, -0.15) is 0 Å². The number of amides is 1. The Morgan fingerprint density at radius 2 is 1.66 bits per heavy atom. The number of aryl methyl sites for hydroxylation is 3. The first kappa shape index (κ1) is 23.0. The molecule has 0 saturated carbocycles. The van der Waals surface area contributed by atoms with E-state index in [4.69, 9.17) is 21.6 Å². The van der Waals surface area contributed by atoms with Crippen molar-refractivity contribution in [3.05, 3.63) is 95.2 Å². The molecule has 2 heterocycles. The number of nitrogens with zero attached hydrogens (tertiary/aromatic N) is 1. The van der Waals surface area contributed by atoms with Crippen LogP contribution in [0.3, 0.4) is 0 Å². The Morgan fingerprint density at radius 3 is 2.46 bits per heavy atom. The third-order valence-electron chi connectivity index (χ3n) is 5.87. The number of carbonyl (C=O) groups is 1. The summed E-state index contributed by atoms with van der Waals surface area (Å²) in [4.78, 5) is 17.5. The molecule has 0 bridgehead atoms. The fourth-order valence-corrected chi connectivity index (χ4v) is 4.88. The van der Waals surface area contributed by atoms with Crippen LogP contribution in [0.2, 0.25) is 0 Å². The van der Waals surface area contributed by atoms with Gasteiger partial charge in [0.15, 0.2) is 10.9 Å². The van der Waals surface area contributed by atoms with Gasteiger partial charge in [-0.1, -0.05) is 36.4 Å². The zero-order valence-corrected chi connectivity index (χ0v) is 21.1. The molecule has 0 aliphatic carbocycles. The topological polar surface area (TPSA) is 67.2 Å². The first-order chi connectivity index (χ1) is 16.9. The number of furan rings is 1. The maximum Gasteiger partial charge on any atom is 0.293 e. The van der Waals surface area contributed by atoms with Crippen molar-refractivity contribution in [2.24, 2.45) is 0 Å². The number of thiocarbonyl (C=S) groups is 1. The van der Waals surface area contributed by atoms with E-state index in [-0.39, 0.29) is 10.9 Å². The lowest BCUT2D eigenvalue weighted by molar-refractivity contribution is 0.0951. The molecule has 0 fully saturated rings. The Bertz CT molecular complexity index is 1550. The Morgan fingerprint density at radius 1 is 0.886 bits per heavy atom. The number of para-hydroxylation sites is 1. The van der Waals surface area contributed by atoms with Crippen molar-refractivity contribution in [1.29, 1.82) is 0 Å². The zero-order chi connectivity index (χ0) is 24.5. The lowest BCUT2D eigenvalue weighted by Gasteiger charge is -2.12. The van der Waals surface area contributed by atoms with Crippen LogP contribution < -0.4 is 10.6 Å². The standard InChI is InChI=1S/C28H23N3O2S2/c1-16-8-10-19(14-18(16)3)23-12-13-24(33-23)26(32)31-28(34)30-22-15-20(11-9-17(22)2)27-29-21-6-4-5-7-25(21)35-27/h4-15H,1-3H3,(H2,30,31,32,34). The minimum absolute atomic E-state index is 0.197. The van der Waals surface area contributed by atoms with Crippen molar-refractivity contribution in [2.75, 3.05) is 5.32 Å². The third-order valence-corrected chi connectivity index (χ3v) is 7.16. The number of anilines is 1. The minimum atomic E-state index is -0.405. The van der Waals surface area contributed by atoms with E-state index in [0.717, 1.165) is 37.6 Å². The third kappa shape index (κ3) is 4.87. The van der Waals surface area contributed by atoms with Crippen LogP contribution in [0, 0.1) is 20.8 Å². The minimum Gasteiger partial charge on any atom is -0.451 e. The molecule has 0 aliphatic heterocycles. The Hall–Kier alpha value is -3.81. The van der Waals surface area contributed by atoms with Crippen LogP contribution in [-0.4, -0.2) is 16.0 Å². The highest BCUT2D eigenvalue weighted by atomic mass is 32.1. The number of nitrogens with one attached hydrogen (secondary N) is 2. The Kier molecular flexibility index (Phi) is 6.19. The number of fused-ring (bicyclic) bond motifs is 1. The number of benzene rings is 3. The molecule has 0 unspecified atom stereocenters. The lowest BCUT2D eigenvalue weighted by atomic mass is 10.1. The van der Waals surface area contributed by atoms with Crippen LogP contribution in [0.1, 0.15) is 27.2 Å². The molecular weight excluding hydrogens is 474 g/mol. The Labute approximate surface area is 212 Å². The molecule has 35 heavy (non-hydrogen) atoms. The van der Waals surface area contributed by atoms with Crippen molar-refractivity contribution in [3.63, 3.8) is 0 Å². The summed E-state index contributed by atoms with van der Waals surface area (Å²) in [6.07, 6.45) is 0. The van der Waals surface area contributed by atoms with Gasteiger partial charge in [0.25, 0.3) is 5.91 Å². The molecule has 5 rings (SSSR count). The predicted octanol–water partition coefficient (Wildman–Crippen LogP) is 7.28. The van der Waals surface area contributed by atoms with E-state index in [1.165, 1.54) is 11.1 Å². The van der Waals surface area contributed by atoms with Gasteiger partial charge in [0, 0.05) is 16.8 Å². The van der Waals surface area contributed by atoms with Gasteiger partial charge < -0.3 is 9.73 Å². The maximum absolute atomic E-state index is 12.7. The molecule has 0 atom stereocenters. The van der Waals surface area contributed by atoms with Crippen molar-refractivity contribution in [1.82, 2.24) is 10.3 Å². The van der Waals surface area contributed by atoms with Gasteiger partial charge in [-0.3, -0.25) is 10.1 Å². The molecule has 3 aromatic carbocycles. The van der Waals surface area contributed by atoms with Crippen LogP contribution in [0.15, 0.2) is 77.2 Å². The van der Waals surface area contributed by atoms with Crippen molar-refractivity contribution < 1.29 is 9.21 Å². The molecule has 174 valence electrons. The SMILES string of the molecule is Cc1ccc(-c2ccc(C(=O)NC(=S)Nc3cc(-c4nc5ccccc5s4)ccc3C)o2)cc1C. The molecule has 5 aromatic rings.